The number of rotatable bonds is 11. The lowest BCUT2D eigenvalue weighted by Crippen LogP contribution is -2.42. The molecule has 0 bridgehead atoms. The monoisotopic (exact) mass is 590 g/mol. The molecule has 0 aliphatic carbocycles. The van der Waals surface area contributed by atoms with Crippen molar-refractivity contribution in [1.82, 2.24) is 14.9 Å². The van der Waals surface area contributed by atoms with Crippen LogP contribution in [-0.2, 0) is 16.1 Å². The molecule has 3 aromatic carbocycles. The van der Waals surface area contributed by atoms with E-state index in [4.69, 9.17) is 21.1 Å². The number of carbonyl (C=O) groups is 2. The third kappa shape index (κ3) is 7.77. The molecule has 0 aliphatic rings. The number of methoxy groups -OCH3 is 2. The molecule has 0 fully saturated rings. The van der Waals surface area contributed by atoms with E-state index >= 15 is 0 Å². The number of hydrogen-bond acceptors (Lipinski definition) is 7. The van der Waals surface area contributed by atoms with Crippen LogP contribution >= 0.6 is 23.4 Å². The van der Waals surface area contributed by atoms with Crippen molar-refractivity contribution in [2.45, 2.75) is 31.6 Å². The minimum atomic E-state index is -0.979. The highest BCUT2D eigenvalue weighted by Crippen LogP contribution is 2.33. The number of aryl methyl sites for hydroxylation is 2. The summed E-state index contributed by atoms with van der Waals surface area (Å²) < 4.78 is 10.8. The Hall–Kier alpha value is -4.08. The van der Waals surface area contributed by atoms with Gasteiger partial charge in [-0.2, -0.15) is 0 Å². The predicted molar refractivity (Wildman–Crippen MR) is 162 cm³/mol. The van der Waals surface area contributed by atoms with Gasteiger partial charge in [0.1, 0.15) is 17.5 Å². The molecule has 4 aromatic rings. The fraction of sp³-hybridized carbons (Fsp3) is 0.226. The molecule has 0 saturated carbocycles. The minimum absolute atomic E-state index is 0.0236. The van der Waals surface area contributed by atoms with Gasteiger partial charge in [0.2, 0.25) is 5.91 Å². The molecule has 41 heavy (non-hydrogen) atoms. The second kappa shape index (κ2) is 14.0. The number of nitrogens with zero attached hydrogens (tertiary/aromatic N) is 3. The summed E-state index contributed by atoms with van der Waals surface area (Å²) in [5.41, 5.74) is 3.43. The van der Waals surface area contributed by atoms with Gasteiger partial charge < -0.3 is 19.7 Å². The first-order valence-corrected chi connectivity index (χ1v) is 14.2. The van der Waals surface area contributed by atoms with Gasteiger partial charge in [-0.15, -0.1) is 0 Å². The molecule has 1 aromatic heterocycles. The zero-order valence-corrected chi connectivity index (χ0v) is 24.8. The van der Waals surface area contributed by atoms with Crippen LogP contribution < -0.4 is 14.8 Å². The Labute approximate surface area is 249 Å². The zero-order chi connectivity index (χ0) is 29.4. The predicted octanol–water partition coefficient (Wildman–Crippen LogP) is 6.26. The summed E-state index contributed by atoms with van der Waals surface area (Å²) >= 11 is 7.74. The molecule has 0 radical (unpaired) electrons. The summed E-state index contributed by atoms with van der Waals surface area (Å²) in [6.45, 7) is 3.88. The number of aromatic nitrogens is 2. The van der Waals surface area contributed by atoms with Gasteiger partial charge in [-0.25, -0.2) is 9.97 Å². The Kier molecular flexibility index (Phi) is 10.2. The van der Waals surface area contributed by atoms with Crippen LogP contribution in [-0.4, -0.2) is 46.7 Å². The van der Waals surface area contributed by atoms with Crippen molar-refractivity contribution in [3.05, 3.63) is 106 Å². The smallest absolute Gasteiger partial charge is 0.251 e. The third-order valence-electron chi connectivity index (χ3n) is 6.25. The number of nitrogens with one attached hydrogen (secondary N) is 1. The fourth-order valence-corrected chi connectivity index (χ4v) is 5.34. The van der Waals surface area contributed by atoms with Crippen molar-refractivity contribution in [2.75, 3.05) is 25.3 Å². The lowest BCUT2D eigenvalue weighted by atomic mass is 10.0. The quantitative estimate of drug-likeness (QED) is 0.163. The maximum absolute atomic E-state index is 14.1. The highest BCUT2D eigenvalue weighted by molar-refractivity contribution is 7.99. The van der Waals surface area contributed by atoms with Crippen LogP contribution in [0.5, 0.6) is 11.5 Å². The van der Waals surface area contributed by atoms with E-state index in [2.05, 4.69) is 15.3 Å². The van der Waals surface area contributed by atoms with Gasteiger partial charge >= 0.3 is 0 Å². The number of hydrogen-bond donors (Lipinski definition) is 1. The van der Waals surface area contributed by atoms with E-state index in [1.165, 1.54) is 23.8 Å². The normalized spacial score (nSPS) is 11.4. The van der Waals surface area contributed by atoms with E-state index in [9.17, 15) is 9.59 Å². The molecule has 1 N–H and O–H groups in total. The first-order chi connectivity index (χ1) is 19.8. The van der Waals surface area contributed by atoms with Crippen LogP contribution in [0, 0.1) is 13.8 Å². The molecule has 4 rings (SSSR count). The standard InChI is InChI=1S/C31H31ClN4O4S/c1-20-16-21(2)34-31(33-20)41-19-28(37)36(18-23-12-8-9-13-25(23)32)29(22-10-6-5-7-11-22)30(38)35-26-15-14-24(39-3)17-27(26)40-4/h5-17,29H,18-19H2,1-4H3,(H,35,38)/t29-/m1/s1. The average molecular weight is 591 g/mol. The molecule has 0 spiro atoms. The van der Waals surface area contributed by atoms with E-state index < -0.39 is 11.9 Å². The maximum atomic E-state index is 14.1. The van der Waals surface area contributed by atoms with Crippen LogP contribution in [0.3, 0.4) is 0 Å². The van der Waals surface area contributed by atoms with Crippen LogP contribution in [0.2, 0.25) is 5.02 Å². The average Bonchev–Trinajstić information content (AvgIpc) is 2.97. The highest BCUT2D eigenvalue weighted by atomic mass is 35.5. The van der Waals surface area contributed by atoms with E-state index in [-0.39, 0.29) is 18.2 Å². The van der Waals surface area contributed by atoms with E-state index in [1.54, 1.807) is 31.4 Å². The second-order valence-corrected chi connectivity index (χ2v) is 10.6. The van der Waals surface area contributed by atoms with Crippen LogP contribution in [0.15, 0.2) is 84.0 Å². The van der Waals surface area contributed by atoms with Gasteiger partial charge in [-0.3, -0.25) is 9.59 Å². The number of benzene rings is 3. The van der Waals surface area contributed by atoms with Crippen LogP contribution in [0.1, 0.15) is 28.6 Å². The van der Waals surface area contributed by atoms with Gasteiger partial charge in [0.05, 0.1) is 25.7 Å². The summed E-state index contributed by atoms with van der Waals surface area (Å²) in [6.07, 6.45) is 0. The molecule has 212 valence electrons. The van der Waals surface area contributed by atoms with E-state index in [0.29, 0.717) is 38.5 Å². The minimum Gasteiger partial charge on any atom is -0.497 e. The Bertz CT molecular complexity index is 1500. The van der Waals surface area contributed by atoms with Crippen molar-refractivity contribution in [3.63, 3.8) is 0 Å². The summed E-state index contributed by atoms with van der Waals surface area (Å²) in [7, 11) is 3.07. The largest absolute Gasteiger partial charge is 0.497 e. The van der Waals surface area contributed by atoms with Crippen molar-refractivity contribution in [2.24, 2.45) is 0 Å². The molecule has 8 nitrogen and oxygen atoms in total. The van der Waals surface area contributed by atoms with E-state index in [0.717, 1.165) is 11.4 Å². The van der Waals surface area contributed by atoms with Gasteiger partial charge in [-0.1, -0.05) is 71.9 Å². The molecule has 0 saturated heterocycles. The molecular formula is C31H31ClN4O4S. The number of ether oxygens (including phenoxy) is 2. The molecule has 1 heterocycles. The topological polar surface area (TPSA) is 93.7 Å². The summed E-state index contributed by atoms with van der Waals surface area (Å²) in [5.74, 6) is 0.350. The van der Waals surface area contributed by atoms with Crippen molar-refractivity contribution < 1.29 is 19.1 Å². The van der Waals surface area contributed by atoms with E-state index in [1.807, 2.05) is 68.4 Å². The SMILES string of the molecule is COc1ccc(NC(=O)[C@@H](c2ccccc2)N(Cc2ccccc2Cl)C(=O)CSc2nc(C)cc(C)n2)c(OC)c1. The maximum Gasteiger partial charge on any atom is 0.251 e. The Balaban J connectivity index is 1.72. The molecule has 0 unspecified atom stereocenters. The summed E-state index contributed by atoms with van der Waals surface area (Å²) in [5, 5.41) is 3.96. The highest BCUT2D eigenvalue weighted by Gasteiger charge is 2.32. The van der Waals surface area contributed by atoms with Crippen molar-refractivity contribution >= 4 is 40.9 Å². The van der Waals surface area contributed by atoms with Gasteiger partial charge in [0.25, 0.3) is 5.91 Å². The van der Waals surface area contributed by atoms with Crippen LogP contribution in [0.4, 0.5) is 5.69 Å². The zero-order valence-electron chi connectivity index (χ0n) is 23.3. The Morgan fingerprint density at radius 2 is 1.61 bits per heavy atom. The van der Waals surface area contributed by atoms with Crippen LogP contribution in [0.25, 0.3) is 0 Å². The van der Waals surface area contributed by atoms with Gasteiger partial charge in [-0.05, 0) is 49.2 Å². The first kappa shape index (κ1) is 29.9. The van der Waals surface area contributed by atoms with Crippen molar-refractivity contribution in [1.29, 1.82) is 0 Å². The van der Waals surface area contributed by atoms with Gasteiger partial charge in [0, 0.05) is 29.0 Å². The number of thioether (sulfide) groups is 1. The number of amides is 2. The first-order valence-electron chi connectivity index (χ1n) is 12.8. The fourth-order valence-electron chi connectivity index (χ4n) is 4.31. The molecule has 0 aliphatic heterocycles. The number of halogens is 1. The van der Waals surface area contributed by atoms with Crippen molar-refractivity contribution in [3.8, 4) is 11.5 Å². The number of anilines is 1. The number of carbonyl (C=O) groups excluding carboxylic acids is 2. The Morgan fingerprint density at radius 3 is 2.27 bits per heavy atom. The molecular weight excluding hydrogens is 560 g/mol. The molecule has 2 amide bonds. The third-order valence-corrected chi connectivity index (χ3v) is 7.45. The summed E-state index contributed by atoms with van der Waals surface area (Å²) in [6, 6.07) is 22.4. The second-order valence-electron chi connectivity index (χ2n) is 9.20. The Morgan fingerprint density at radius 1 is 0.927 bits per heavy atom. The van der Waals surface area contributed by atoms with Gasteiger partial charge in [0.15, 0.2) is 5.16 Å². The lowest BCUT2D eigenvalue weighted by molar-refractivity contribution is -0.137. The summed E-state index contributed by atoms with van der Waals surface area (Å²) in [4.78, 5) is 38.5. The molecule has 1 atom stereocenters. The lowest BCUT2D eigenvalue weighted by Gasteiger charge is -2.32. The molecule has 10 heteroatoms.